The third-order valence-corrected chi connectivity index (χ3v) is 3.17. The molecule has 19 heavy (non-hydrogen) atoms. The highest BCUT2D eigenvalue weighted by Gasteiger charge is 2.11. The van der Waals surface area contributed by atoms with E-state index >= 15 is 0 Å². The number of aryl methyl sites for hydroxylation is 2. The Bertz CT molecular complexity index is 443. The van der Waals surface area contributed by atoms with Gasteiger partial charge in [-0.1, -0.05) is 17.7 Å². The van der Waals surface area contributed by atoms with Crippen molar-refractivity contribution in [2.45, 2.75) is 26.7 Å². The number of likely N-dealkylation sites (N-methyl/N-ethyl adjacent to an activating group) is 1. The maximum atomic E-state index is 11.6. The molecule has 1 amide bonds. The lowest BCUT2D eigenvalue weighted by Crippen LogP contribution is -2.29. The van der Waals surface area contributed by atoms with E-state index in [2.05, 4.69) is 19.1 Å². The van der Waals surface area contributed by atoms with Crippen LogP contribution in [0.3, 0.4) is 0 Å². The molecule has 0 saturated carbocycles. The minimum atomic E-state index is -0.101. The highest BCUT2D eigenvalue weighted by Crippen LogP contribution is 2.25. The number of carbonyl (C=O) groups excluding carboxylic acids is 1. The van der Waals surface area contributed by atoms with Crippen LogP contribution in [0.1, 0.15) is 23.1 Å². The third kappa shape index (κ3) is 4.24. The molecule has 0 aromatic heterocycles. The van der Waals surface area contributed by atoms with Gasteiger partial charge in [-0.3, -0.25) is 4.79 Å². The maximum absolute atomic E-state index is 11.6. The standard InChI is InChI=1S/C15H23NO3/c1-11-9-12(2)15(19-4)13(10-11)5-7-16(3)14(18)6-8-17/h9-10,17H,5-8H2,1-4H3. The van der Waals surface area contributed by atoms with Gasteiger partial charge in [0.25, 0.3) is 0 Å². The van der Waals surface area contributed by atoms with Crippen molar-refractivity contribution in [3.63, 3.8) is 0 Å². The molecule has 106 valence electrons. The summed E-state index contributed by atoms with van der Waals surface area (Å²) in [7, 11) is 3.43. The number of amides is 1. The average Bonchev–Trinajstić information content (AvgIpc) is 2.35. The maximum Gasteiger partial charge on any atom is 0.224 e. The fourth-order valence-corrected chi connectivity index (χ4v) is 2.22. The summed E-state index contributed by atoms with van der Waals surface area (Å²) in [4.78, 5) is 13.2. The second-order valence-electron chi connectivity index (χ2n) is 4.81. The molecular formula is C15H23NO3. The molecule has 0 radical (unpaired) electrons. The number of hydrogen-bond donors (Lipinski definition) is 1. The molecule has 0 fully saturated rings. The van der Waals surface area contributed by atoms with Gasteiger partial charge in [-0.2, -0.15) is 0 Å². The Morgan fingerprint density at radius 3 is 2.63 bits per heavy atom. The summed E-state index contributed by atoms with van der Waals surface area (Å²) < 4.78 is 5.43. The molecule has 1 rings (SSSR count). The summed E-state index contributed by atoms with van der Waals surface area (Å²) in [6, 6.07) is 4.18. The lowest BCUT2D eigenvalue weighted by atomic mass is 10.0. The highest BCUT2D eigenvalue weighted by molar-refractivity contribution is 5.75. The van der Waals surface area contributed by atoms with E-state index in [-0.39, 0.29) is 18.9 Å². The minimum Gasteiger partial charge on any atom is -0.496 e. The summed E-state index contributed by atoms with van der Waals surface area (Å²) in [5, 5.41) is 8.76. The Balaban J connectivity index is 2.74. The van der Waals surface area contributed by atoms with E-state index in [1.54, 1.807) is 19.1 Å². The van der Waals surface area contributed by atoms with E-state index in [9.17, 15) is 4.79 Å². The molecule has 0 aliphatic heterocycles. The fraction of sp³-hybridized carbons (Fsp3) is 0.533. The van der Waals surface area contributed by atoms with E-state index in [1.807, 2.05) is 6.92 Å². The Morgan fingerprint density at radius 2 is 2.05 bits per heavy atom. The predicted molar refractivity (Wildman–Crippen MR) is 75.5 cm³/mol. The SMILES string of the molecule is COc1c(C)cc(C)cc1CCN(C)C(=O)CCO. The van der Waals surface area contributed by atoms with Gasteiger partial charge < -0.3 is 14.7 Å². The van der Waals surface area contributed by atoms with E-state index in [0.717, 1.165) is 23.3 Å². The molecule has 1 aromatic rings. The molecule has 4 nitrogen and oxygen atoms in total. The van der Waals surface area contributed by atoms with Gasteiger partial charge in [0.2, 0.25) is 5.91 Å². The first kappa shape index (κ1) is 15.5. The van der Waals surface area contributed by atoms with E-state index in [0.29, 0.717) is 6.54 Å². The summed E-state index contributed by atoms with van der Waals surface area (Å²) in [5.74, 6) is 0.861. The zero-order valence-corrected chi connectivity index (χ0v) is 12.2. The smallest absolute Gasteiger partial charge is 0.224 e. The third-order valence-electron chi connectivity index (χ3n) is 3.17. The van der Waals surface area contributed by atoms with Crippen molar-refractivity contribution in [1.82, 2.24) is 4.90 Å². The zero-order valence-electron chi connectivity index (χ0n) is 12.2. The molecule has 0 heterocycles. The lowest BCUT2D eigenvalue weighted by molar-refractivity contribution is -0.130. The average molecular weight is 265 g/mol. The zero-order chi connectivity index (χ0) is 14.4. The molecule has 1 N–H and O–H groups in total. The van der Waals surface area contributed by atoms with E-state index < -0.39 is 0 Å². The molecule has 0 aliphatic carbocycles. The highest BCUT2D eigenvalue weighted by atomic mass is 16.5. The largest absolute Gasteiger partial charge is 0.496 e. The van der Waals surface area contributed by atoms with Crippen molar-refractivity contribution in [1.29, 1.82) is 0 Å². The number of carbonyl (C=O) groups is 1. The summed E-state index contributed by atoms with van der Waals surface area (Å²) in [6.45, 7) is 4.60. The molecule has 0 unspecified atom stereocenters. The van der Waals surface area contributed by atoms with Gasteiger partial charge in [0.15, 0.2) is 0 Å². The van der Waals surface area contributed by atoms with E-state index in [4.69, 9.17) is 9.84 Å². The van der Waals surface area contributed by atoms with Crippen molar-refractivity contribution in [2.75, 3.05) is 27.3 Å². The number of hydrogen-bond acceptors (Lipinski definition) is 3. The first-order valence-corrected chi connectivity index (χ1v) is 6.48. The van der Waals surface area contributed by atoms with Gasteiger partial charge in [0.05, 0.1) is 13.7 Å². The number of ether oxygens (including phenoxy) is 1. The van der Waals surface area contributed by atoms with Crippen LogP contribution in [0.4, 0.5) is 0 Å². The summed E-state index contributed by atoms with van der Waals surface area (Å²) in [5.41, 5.74) is 3.42. The fourth-order valence-electron chi connectivity index (χ4n) is 2.22. The van der Waals surface area contributed by atoms with Crippen LogP contribution >= 0.6 is 0 Å². The summed E-state index contributed by atoms with van der Waals surface area (Å²) in [6.07, 6.45) is 0.930. The number of rotatable bonds is 6. The molecule has 0 saturated heterocycles. The van der Waals surface area contributed by atoms with Gasteiger partial charge in [-0.25, -0.2) is 0 Å². The predicted octanol–water partition coefficient (Wildman–Crippen LogP) is 1.70. The van der Waals surface area contributed by atoms with Crippen molar-refractivity contribution < 1.29 is 14.6 Å². The van der Waals surface area contributed by atoms with Gasteiger partial charge >= 0.3 is 0 Å². The van der Waals surface area contributed by atoms with Crippen LogP contribution in [0.2, 0.25) is 0 Å². The monoisotopic (exact) mass is 265 g/mol. The number of aliphatic hydroxyl groups excluding tert-OH is 1. The Labute approximate surface area is 115 Å². The van der Waals surface area contributed by atoms with Crippen molar-refractivity contribution in [3.8, 4) is 5.75 Å². The van der Waals surface area contributed by atoms with Crippen LogP contribution in [0, 0.1) is 13.8 Å². The quantitative estimate of drug-likeness (QED) is 0.851. The Morgan fingerprint density at radius 1 is 1.37 bits per heavy atom. The van der Waals surface area contributed by atoms with Crippen LogP contribution < -0.4 is 4.74 Å². The molecular weight excluding hydrogens is 242 g/mol. The van der Waals surface area contributed by atoms with Crippen LogP contribution in [-0.4, -0.2) is 43.2 Å². The molecule has 0 spiro atoms. The topological polar surface area (TPSA) is 49.8 Å². The van der Waals surface area contributed by atoms with Crippen molar-refractivity contribution in [3.05, 3.63) is 28.8 Å². The second-order valence-corrected chi connectivity index (χ2v) is 4.81. The van der Waals surface area contributed by atoms with Gasteiger partial charge in [0, 0.05) is 20.0 Å². The second kappa shape index (κ2) is 7.14. The Kier molecular flexibility index (Phi) is 5.83. The molecule has 0 atom stereocenters. The minimum absolute atomic E-state index is 0.0363. The number of methoxy groups -OCH3 is 1. The van der Waals surface area contributed by atoms with E-state index in [1.165, 1.54) is 5.56 Å². The molecule has 1 aromatic carbocycles. The number of nitrogens with zero attached hydrogens (tertiary/aromatic N) is 1. The van der Waals surface area contributed by atoms with Gasteiger partial charge in [-0.05, 0) is 31.4 Å². The molecule has 0 aliphatic rings. The number of benzene rings is 1. The van der Waals surface area contributed by atoms with Crippen LogP contribution in [0.5, 0.6) is 5.75 Å². The summed E-state index contributed by atoms with van der Waals surface area (Å²) >= 11 is 0. The van der Waals surface area contributed by atoms with Crippen molar-refractivity contribution >= 4 is 5.91 Å². The lowest BCUT2D eigenvalue weighted by Gasteiger charge is -2.18. The molecule has 4 heteroatoms. The van der Waals surface area contributed by atoms with Crippen molar-refractivity contribution in [2.24, 2.45) is 0 Å². The normalized spacial score (nSPS) is 10.4. The van der Waals surface area contributed by atoms with Gasteiger partial charge in [0.1, 0.15) is 5.75 Å². The first-order valence-electron chi connectivity index (χ1n) is 6.48. The Hall–Kier alpha value is -1.55. The van der Waals surface area contributed by atoms with Gasteiger partial charge in [-0.15, -0.1) is 0 Å². The van der Waals surface area contributed by atoms with Crippen LogP contribution in [0.15, 0.2) is 12.1 Å². The van der Waals surface area contributed by atoms with Crippen LogP contribution in [-0.2, 0) is 11.2 Å². The number of aliphatic hydroxyl groups is 1. The first-order chi connectivity index (χ1) is 8.99. The molecule has 0 bridgehead atoms. The van der Waals surface area contributed by atoms with Crippen LogP contribution in [0.25, 0.3) is 0 Å².